The number of sulfonamides is 1. The van der Waals surface area contributed by atoms with Gasteiger partial charge < -0.3 is 5.32 Å². The first-order valence-corrected chi connectivity index (χ1v) is 13.1. The summed E-state index contributed by atoms with van der Waals surface area (Å²) in [6, 6.07) is 10.9. The second kappa shape index (κ2) is 9.75. The molecule has 1 aliphatic rings. The summed E-state index contributed by atoms with van der Waals surface area (Å²) in [5.74, 6) is -0.350. The number of carbonyl (C=O) groups excluding carboxylic acids is 1. The van der Waals surface area contributed by atoms with Crippen LogP contribution in [0.25, 0.3) is 11.3 Å². The number of aryl methyl sites for hydroxylation is 3. The Bertz CT molecular complexity index is 1480. The normalized spacial score (nSPS) is 13.4. The third kappa shape index (κ3) is 5.06. The Balaban J connectivity index is 1.78. The predicted molar refractivity (Wildman–Crippen MR) is 136 cm³/mol. The molecule has 1 heterocycles. The molecule has 0 saturated carbocycles. The first-order valence-electron chi connectivity index (χ1n) is 11.6. The maximum Gasteiger partial charge on any atom is 0.270 e. The molecule has 0 aliphatic heterocycles. The average Bonchev–Trinajstić information content (AvgIpc) is 2.83. The molecule has 0 spiro atoms. The van der Waals surface area contributed by atoms with E-state index in [9.17, 15) is 18.0 Å². The molecule has 4 rings (SSSR count). The fraction of sp³-hybridized carbons (Fsp3) is 0.346. The number of nitrogens with zero attached hydrogens (tertiary/aromatic N) is 2. The molecule has 2 aromatic carbocycles. The van der Waals surface area contributed by atoms with Crippen LogP contribution < -0.4 is 15.6 Å². The largest absolute Gasteiger partial charge is 0.324 e. The zero-order valence-electron chi connectivity index (χ0n) is 20.4. The maximum absolute atomic E-state index is 13.2. The van der Waals surface area contributed by atoms with Gasteiger partial charge in [-0.05, 0) is 87.9 Å². The average molecular weight is 495 g/mol. The Labute approximate surface area is 205 Å². The number of anilines is 1. The van der Waals surface area contributed by atoms with Crippen LogP contribution in [0.2, 0.25) is 0 Å². The van der Waals surface area contributed by atoms with E-state index in [-0.39, 0.29) is 22.9 Å². The van der Waals surface area contributed by atoms with E-state index in [1.54, 1.807) is 19.1 Å². The molecule has 0 radical (unpaired) electrons. The highest BCUT2D eigenvalue weighted by Crippen LogP contribution is 2.30. The molecule has 0 atom stereocenters. The van der Waals surface area contributed by atoms with Gasteiger partial charge in [0.05, 0.1) is 10.6 Å². The van der Waals surface area contributed by atoms with Gasteiger partial charge in [-0.15, -0.1) is 0 Å². The topological polar surface area (TPSA) is 110 Å². The van der Waals surface area contributed by atoms with Crippen molar-refractivity contribution in [1.82, 2.24) is 14.5 Å². The summed E-state index contributed by atoms with van der Waals surface area (Å²) in [5, 5.41) is 7.47. The molecule has 0 unspecified atom stereocenters. The van der Waals surface area contributed by atoms with Gasteiger partial charge in [0.2, 0.25) is 15.9 Å². The van der Waals surface area contributed by atoms with Gasteiger partial charge >= 0.3 is 0 Å². The van der Waals surface area contributed by atoms with Gasteiger partial charge in [0.1, 0.15) is 6.54 Å². The van der Waals surface area contributed by atoms with Crippen molar-refractivity contribution in [3.63, 3.8) is 0 Å². The third-order valence-electron chi connectivity index (χ3n) is 6.45. The van der Waals surface area contributed by atoms with Crippen LogP contribution in [0.3, 0.4) is 0 Å². The van der Waals surface area contributed by atoms with Gasteiger partial charge in [-0.2, -0.15) is 5.10 Å². The van der Waals surface area contributed by atoms with Crippen molar-refractivity contribution in [3.8, 4) is 11.3 Å². The number of hydrogen-bond donors (Lipinski definition) is 2. The van der Waals surface area contributed by atoms with Crippen molar-refractivity contribution in [3.05, 3.63) is 74.6 Å². The lowest BCUT2D eigenvalue weighted by atomic mass is 9.89. The molecular weight excluding hydrogens is 464 g/mol. The summed E-state index contributed by atoms with van der Waals surface area (Å²) in [6.07, 6.45) is 3.10. The van der Waals surface area contributed by atoms with Crippen LogP contribution in [-0.4, -0.2) is 31.2 Å². The van der Waals surface area contributed by atoms with Gasteiger partial charge in [-0.3, -0.25) is 9.59 Å². The molecule has 1 aliphatic carbocycles. The van der Waals surface area contributed by atoms with Crippen LogP contribution in [0.5, 0.6) is 0 Å². The minimum atomic E-state index is -3.67. The van der Waals surface area contributed by atoms with Crippen molar-refractivity contribution >= 4 is 21.6 Å². The van der Waals surface area contributed by atoms with E-state index < -0.39 is 10.0 Å². The lowest BCUT2D eigenvalue weighted by molar-refractivity contribution is -0.117. The zero-order valence-corrected chi connectivity index (χ0v) is 21.3. The molecule has 8 nitrogen and oxygen atoms in total. The van der Waals surface area contributed by atoms with Gasteiger partial charge in [0.25, 0.3) is 5.56 Å². The number of amides is 1. The van der Waals surface area contributed by atoms with Crippen molar-refractivity contribution in [2.75, 3.05) is 12.4 Å². The molecular formula is C26H30N4O4S. The number of carbonyl (C=O) groups is 1. The summed E-state index contributed by atoms with van der Waals surface area (Å²) in [5.41, 5.74) is 5.62. The highest BCUT2D eigenvalue weighted by molar-refractivity contribution is 7.89. The van der Waals surface area contributed by atoms with Crippen molar-refractivity contribution in [2.45, 2.75) is 57.9 Å². The van der Waals surface area contributed by atoms with Gasteiger partial charge in [0, 0.05) is 16.8 Å². The Morgan fingerprint density at radius 1 is 1.00 bits per heavy atom. The Hall–Kier alpha value is -3.30. The quantitative estimate of drug-likeness (QED) is 0.547. The smallest absolute Gasteiger partial charge is 0.270 e. The van der Waals surface area contributed by atoms with Crippen molar-refractivity contribution in [2.24, 2.45) is 0 Å². The van der Waals surface area contributed by atoms with E-state index in [0.717, 1.165) is 29.5 Å². The summed E-state index contributed by atoms with van der Waals surface area (Å²) in [7, 11) is -2.30. The summed E-state index contributed by atoms with van der Waals surface area (Å²) < 4.78 is 28.7. The fourth-order valence-corrected chi connectivity index (χ4v) is 5.46. The first-order chi connectivity index (χ1) is 16.6. The van der Waals surface area contributed by atoms with Crippen LogP contribution in [0.4, 0.5) is 5.69 Å². The number of rotatable bonds is 6. The van der Waals surface area contributed by atoms with Gasteiger partial charge in [-0.1, -0.05) is 24.3 Å². The molecule has 35 heavy (non-hydrogen) atoms. The van der Waals surface area contributed by atoms with E-state index in [0.29, 0.717) is 40.9 Å². The Kier molecular flexibility index (Phi) is 6.91. The lowest BCUT2D eigenvalue weighted by Gasteiger charge is -2.21. The Morgan fingerprint density at radius 2 is 1.69 bits per heavy atom. The van der Waals surface area contributed by atoms with E-state index in [2.05, 4.69) is 15.1 Å². The number of fused-ring (bicyclic) bond motifs is 1. The summed E-state index contributed by atoms with van der Waals surface area (Å²) >= 11 is 0. The second-order valence-corrected chi connectivity index (χ2v) is 10.9. The molecule has 0 bridgehead atoms. The lowest BCUT2D eigenvalue weighted by Crippen LogP contribution is -2.34. The monoisotopic (exact) mass is 494 g/mol. The minimum Gasteiger partial charge on any atom is -0.324 e. The van der Waals surface area contributed by atoms with Crippen molar-refractivity contribution in [1.29, 1.82) is 0 Å². The fourth-order valence-electron chi connectivity index (χ4n) is 4.47. The van der Waals surface area contributed by atoms with E-state index in [1.807, 2.05) is 38.1 Å². The number of hydrogen-bond acceptors (Lipinski definition) is 5. The molecule has 184 valence electrons. The SMILES string of the molecule is CNS(=O)(=O)c1cc(-c2nn(CC(=O)Nc3cc(C)ccc3C)c(=O)c3c2CCCC3)ccc1C. The third-order valence-corrected chi connectivity index (χ3v) is 8.00. The second-order valence-electron chi connectivity index (χ2n) is 9.03. The molecule has 1 amide bonds. The Morgan fingerprint density at radius 3 is 2.40 bits per heavy atom. The van der Waals surface area contributed by atoms with Gasteiger partial charge in [0.15, 0.2) is 0 Å². The first kappa shape index (κ1) is 24.8. The zero-order chi connectivity index (χ0) is 25.3. The maximum atomic E-state index is 13.2. The highest BCUT2D eigenvalue weighted by atomic mass is 32.2. The molecule has 1 aromatic heterocycles. The molecule has 2 N–H and O–H groups in total. The van der Waals surface area contributed by atoms with Gasteiger partial charge in [-0.25, -0.2) is 17.8 Å². The van der Waals surface area contributed by atoms with E-state index in [1.165, 1.54) is 11.7 Å². The van der Waals surface area contributed by atoms with Crippen LogP contribution >= 0.6 is 0 Å². The highest BCUT2D eigenvalue weighted by Gasteiger charge is 2.24. The molecule has 9 heteroatoms. The predicted octanol–water partition coefficient (Wildman–Crippen LogP) is 3.26. The summed E-state index contributed by atoms with van der Waals surface area (Å²) in [4.78, 5) is 26.3. The minimum absolute atomic E-state index is 0.161. The molecule has 0 fully saturated rings. The standard InChI is InChI=1S/C26H30N4O4S/c1-16-9-10-17(2)22(13-16)28-24(31)15-30-26(32)21-8-6-5-7-20(21)25(29-30)19-12-11-18(3)23(14-19)35(33,34)27-4/h9-14,27H,5-8,15H2,1-4H3,(H,28,31). The molecule has 3 aromatic rings. The number of nitrogens with one attached hydrogen (secondary N) is 2. The van der Waals surface area contributed by atoms with Crippen LogP contribution in [0.1, 0.15) is 40.7 Å². The van der Waals surface area contributed by atoms with Crippen LogP contribution in [0, 0.1) is 20.8 Å². The van der Waals surface area contributed by atoms with E-state index in [4.69, 9.17) is 0 Å². The number of benzene rings is 2. The van der Waals surface area contributed by atoms with Crippen molar-refractivity contribution < 1.29 is 13.2 Å². The molecule has 0 saturated heterocycles. The summed E-state index contributed by atoms with van der Waals surface area (Å²) in [6.45, 7) is 5.35. The van der Waals surface area contributed by atoms with Crippen LogP contribution in [0.15, 0.2) is 46.1 Å². The van der Waals surface area contributed by atoms with E-state index >= 15 is 0 Å². The number of aromatic nitrogens is 2. The van der Waals surface area contributed by atoms with Crippen LogP contribution in [-0.2, 0) is 34.2 Å².